The largest absolute Gasteiger partial charge is 0.369 e. The molecule has 10 heteroatoms. The highest BCUT2D eigenvalue weighted by atomic mass is 32.1. The van der Waals surface area contributed by atoms with Crippen LogP contribution in [0.4, 0.5) is 5.82 Å². The van der Waals surface area contributed by atoms with Crippen LogP contribution in [0.1, 0.15) is 31.3 Å². The van der Waals surface area contributed by atoms with Gasteiger partial charge in [-0.15, -0.1) is 11.3 Å². The summed E-state index contributed by atoms with van der Waals surface area (Å²) < 4.78 is 3.91. The van der Waals surface area contributed by atoms with Crippen molar-refractivity contribution in [3.63, 3.8) is 0 Å². The van der Waals surface area contributed by atoms with Gasteiger partial charge in [0.2, 0.25) is 0 Å². The van der Waals surface area contributed by atoms with Gasteiger partial charge in [0.25, 0.3) is 0 Å². The molecule has 9 nitrogen and oxygen atoms in total. The normalized spacial score (nSPS) is 11.7. The predicted octanol–water partition coefficient (Wildman–Crippen LogP) is 4.22. The van der Waals surface area contributed by atoms with Crippen molar-refractivity contribution in [2.45, 2.75) is 33.2 Å². The second kappa shape index (κ2) is 8.19. The van der Waals surface area contributed by atoms with Gasteiger partial charge in [0, 0.05) is 57.0 Å². The lowest BCUT2D eigenvalue weighted by Crippen LogP contribution is -2.09. The first kappa shape index (κ1) is 20.4. The van der Waals surface area contributed by atoms with Crippen LogP contribution in [0.25, 0.3) is 32.4 Å². The molecule has 0 spiro atoms. The Balaban J connectivity index is 1.59. The molecule has 0 bridgehead atoms. The van der Waals surface area contributed by atoms with Gasteiger partial charge in [-0.2, -0.15) is 5.10 Å². The highest BCUT2D eigenvalue weighted by Crippen LogP contribution is 2.40. The van der Waals surface area contributed by atoms with E-state index in [9.17, 15) is 0 Å². The first-order chi connectivity index (χ1) is 15.5. The first-order valence-electron chi connectivity index (χ1n) is 10.6. The summed E-state index contributed by atoms with van der Waals surface area (Å²) in [6.07, 6.45) is 10.1. The van der Waals surface area contributed by atoms with Crippen LogP contribution in [0.15, 0.2) is 37.1 Å². The molecule has 32 heavy (non-hydrogen) atoms. The van der Waals surface area contributed by atoms with Gasteiger partial charge in [-0.1, -0.05) is 0 Å². The number of fused-ring (bicyclic) bond motifs is 1. The summed E-state index contributed by atoms with van der Waals surface area (Å²) in [7, 11) is 1.95. The van der Waals surface area contributed by atoms with E-state index in [2.05, 4.69) is 47.1 Å². The molecule has 0 fully saturated rings. The highest BCUT2D eigenvalue weighted by Gasteiger charge is 2.20. The fourth-order valence-electron chi connectivity index (χ4n) is 3.67. The third-order valence-electron chi connectivity index (χ3n) is 5.39. The van der Waals surface area contributed by atoms with Crippen molar-refractivity contribution >= 4 is 27.4 Å². The molecular formula is C22H25N9S. The maximum absolute atomic E-state index is 4.88. The third kappa shape index (κ3) is 3.66. The number of aromatic nitrogens is 8. The molecule has 0 atom stereocenters. The van der Waals surface area contributed by atoms with Crippen molar-refractivity contribution in [3.8, 4) is 22.2 Å². The van der Waals surface area contributed by atoms with E-state index in [0.717, 1.165) is 50.2 Å². The molecule has 0 saturated carbocycles. The number of thiophene rings is 1. The second-order valence-electron chi connectivity index (χ2n) is 7.98. The second-order valence-corrected chi connectivity index (χ2v) is 8.98. The Hall–Kier alpha value is -3.53. The van der Waals surface area contributed by atoms with Crippen molar-refractivity contribution in [2.24, 2.45) is 7.05 Å². The summed E-state index contributed by atoms with van der Waals surface area (Å²) in [5.74, 6) is 3.08. The van der Waals surface area contributed by atoms with E-state index in [1.165, 1.54) is 0 Å². The quantitative estimate of drug-likeness (QED) is 0.387. The number of nitrogens with one attached hydrogen (secondary N) is 2. The summed E-state index contributed by atoms with van der Waals surface area (Å²) in [6, 6.07) is 2.38. The monoisotopic (exact) mass is 447 g/mol. The number of aryl methyl sites for hydroxylation is 2. The molecule has 5 aromatic heterocycles. The van der Waals surface area contributed by atoms with Gasteiger partial charge in [0.15, 0.2) is 11.6 Å². The molecule has 5 rings (SSSR count). The maximum Gasteiger partial charge on any atom is 0.199 e. The van der Waals surface area contributed by atoms with Crippen LogP contribution < -0.4 is 5.32 Å². The lowest BCUT2D eigenvalue weighted by molar-refractivity contribution is 0.534. The minimum absolute atomic E-state index is 0.312. The number of hydrogen-bond donors (Lipinski definition) is 2. The van der Waals surface area contributed by atoms with Crippen LogP contribution in [-0.4, -0.2) is 45.8 Å². The molecule has 0 aromatic carbocycles. The van der Waals surface area contributed by atoms with E-state index in [-0.39, 0.29) is 0 Å². The van der Waals surface area contributed by atoms with Crippen LogP contribution in [0.3, 0.4) is 0 Å². The van der Waals surface area contributed by atoms with Gasteiger partial charge >= 0.3 is 0 Å². The topological polar surface area (TPSA) is 102 Å². The van der Waals surface area contributed by atoms with Crippen molar-refractivity contribution < 1.29 is 0 Å². The predicted molar refractivity (Wildman–Crippen MR) is 127 cm³/mol. The number of rotatable bonds is 7. The molecular weight excluding hydrogens is 422 g/mol. The third-order valence-corrected chi connectivity index (χ3v) is 6.60. The van der Waals surface area contributed by atoms with Crippen molar-refractivity contribution in [2.75, 3.05) is 11.9 Å². The Morgan fingerprint density at radius 2 is 2.03 bits per heavy atom. The van der Waals surface area contributed by atoms with Crippen LogP contribution in [0.5, 0.6) is 0 Å². The minimum Gasteiger partial charge on any atom is -0.369 e. The van der Waals surface area contributed by atoms with Gasteiger partial charge in [-0.25, -0.2) is 19.9 Å². The number of imidazole rings is 2. The van der Waals surface area contributed by atoms with E-state index >= 15 is 0 Å². The van der Waals surface area contributed by atoms with Gasteiger partial charge in [0.05, 0.1) is 10.3 Å². The Kier molecular flexibility index (Phi) is 5.22. The maximum atomic E-state index is 4.88. The number of H-pyrrole nitrogens is 1. The first-order valence-corrected chi connectivity index (χ1v) is 11.4. The van der Waals surface area contributed by atoms with E-state index in [4.69, 9.17) is 15.1 Å². The zero-order chi connectivity index (χ0) is 22.2. The summed E-state index contributed by atoms with van der Waals surface area (Å²) in [5, 5.41) is 9.32. The molecule has 0 radical (unpaired) electrons. The van der Waals surface area contributed by atoms with E-state index in [1.807, 2.05) is 34.9 Å². The molecule has 0 aliphatic heterocycles. The number of nitrogens with zero attached hydrogens (tertiary/aromatic N) is 7. The van der Waals surface area contributed by atoms with E-state index in [0.29, 0.717) is 18.4 Å². The average molecular weight is 448 g/mol. The average Bonchev–Trinajstić information content (AvgIpc) is 3.55. The van der Waals surface area contributed by atoms with Crippen LogP contribution in [-0.2, 0) is 13.5 Å². The Labute approximate surface area is 189 Å². The Bertz CT molecular complexity index is 1360. The SMILES string of the molecule is Cc1c(-c2ccn(C(C)C)n2)sc2nc(-c3nccn3C)nc(NCCc3ncc[nH]3)c12. The number of anilines is 1. The van der Waals surface area contributed by atoms with Gasteiger partial charge in [-0.3, -0.25) is 4.68 Å². The molecule has 164 valence electrons. The lowest BCUT2D eigenvalue weighted by Gasteiger charge is -2.09. The van der Waals surface area contributed by atoms with Crippen molar-refractivity contribution in [1.29, 1.82) is 0 Å². The van der Waals surface area contributed by atoms with E-state index in [1.54, 1.807) is 23.7 Å². The van der Waals surface area contributed by atoms with Crippen molar-refractivity contribution in [3.05, 3.63) is 48.4 Å². The molecule has 0 aliphatic carbocycles. The fourth-order valence-corrected chi connectivity index (χ4v) is 4.82. The molecule has 5 heterocycles. The smallest absolute Gasteiger partial charge is 0.199 e. The summed E-state index contributed by atoms with van der Waals surface area (Å²) in [5.41, 5.74) is 2.09. The standard InChI is InChI=1S/C22H25N9S/c1-13(2)31-11-6-15(29-31)18-14(3)17-19(25-7-5-16-23-8-9-24-16)27-20(28-22(17)32-18)21-26-10-12-30(21)4/h6,8-13H,5,7H2,1-4H3,(H,23,24)(H,25,27,28). The van der Waals surface area contributed by atoms with Crippen LogP contribution in [0.2, 0.25) is 0 Å². The fraction of sp³-hybridized carbons (Fsp3) is 0.318. The van der Waals surface area contributed by atoms with Gasteiger partial charge in [0.1, 0.15) is 22.2 Å². The Morgan fingerprint density at radius 1 is 1.16 bits per heavy atom. The van der Waals surface area contributed by atoms with Crippen LogP contribution >= 0.6 is 11.3 Å². The molecule has 0 saturated heterocycles. The summed E-state index contributed by atoms with van der Waals surface area (Å²) in [6.45, 7) is 7.07. The molecule has 0 unspecified atom stereocenters. The van der Waals surface area contributed by atoms with E-state index < -0.39 is 0 Å². The summed E-state index contributed by atoms with van der Waals surface area (Å²) >= 11 is 1.64. The lowest BCUT2D eigenvalue weighted by atomic mass is 10.1. The molecule has 2 N–H and O–H groups in total. The zero-order valence-electron chi connectivity index (χ0n) is 18.5. The van der Waals surface area contributed by atoms with Gasteiger partial charge < -0.3 is 14.9 Å². The summed E-state index contributed by atoms with van der Waals surface area (Å²) in [4.78, 5) is 23.7. The molecule has 5 aromatic rings. The van der Waals surface area contributed by atoms with Gasteiger partial charge in [-0.05, 0) is 32.4 Å². The molecule has 0 aliphatic rings. The number of hydrogen-bond acceptors (Lipinski definition) is 7. The molecule has 0 amide bonds. The Morgan fingerprint density at radius 3 is 2.72 bits per heavy atom. The number of aromatic amines is 1. The van der Waals surface area contributed by atoms with Crippen molar-refractivity contribution in [1.82, 2.24) is 39.3 Å². The zero-order valence-corrected chi connectivity index (χ0v) is 19.3. The van der Waals surface area contributed by atoms with Crippen LogP contribution in [0, 0.1) is 6.92 Å². The highest BCUT2D eigenvalue weighted by molar-refractivity contribution is 7.22. The minimum atomic E-state index is 0.312.